The highest BCUT2D eigenvalue weighted by molar-refractivity contribution is 4.99. The molecule has 1 aliphatic rings. The van der Waals surface area contributed by atoms with Crippen LogP contribution in [0.5, 0.6) is 0 Å². The van der Waals surface area contributed by atoms with E-state index >= 15 is 0 Å². The van der Waals surface area contributed by atoms with Crippen molar-refractivity contribution in [1.82, 2.24) is 0 Å². The maximum absolute atomic E-state index is 2.37. The minimum Gasteiger partial charge on any atom is -0.0859 e. The number of hydrogen-bond acceptors (Lipinski definition) is 0. The molecule has 0 aromatic heterocycles. The van der Waals surface area contributed by atoms with Gasteiger partial charge in [0.15, 0.2) is 0 Å². The fourth-order valence-corrected chi connectivity index (χ4v) is 2.10. The molecule has 0 aromatic carbocycles. The standard InChI is InChI=1S/C11H20/c1-3-6-10(2)9-11-7-4-5-8-11/h6,11H,3-5,7-9H2,1-2H3/b10-6+. The van der Waals surface area contributed by atoms with E-state index in [-0.39, 0.29) is 0 Å². The normalized spacial score (nSPS) is 21.1. The van der Waals surface area contributed by atoms with E-state index in [0.717, 1.165) is 5.92 Å². The first kappa shape index (κ1) is 8.83. The SMILES string of the molecule is CC/C=C(\C)CC1CCCC1. The first-order valence-electron chi connectivity index (χ1n) is 4.98. The van der Waals surface area contributed by atoms with Crippen molar-refractivity contribution in [3.63, 3.8) is 0 Å². The van der Waals surface area contributed by atoms with Gasteiger partial charge in [0.2, 0.25) is 0 Å². The van der Waals surface area contributed by atoms with Gasteiger partial charge in [-0.15, -0.1) is 0 Å². The Labute approximate surface area is 70.7 Å². The van der Waals surface area contributed by atoms with Gasteiger partial charge in [-0.25, -0.2) is 0 Å². The Kier molecular flexibility index (Phi) is 3.68. The van der Waals surface area contributed by atoms with Gasteiger partial charge in [-0.05, 0) is 25.7 Å². The van der Waals surface area contributed by atoms with Crippen LogP contribution in [0.15, 0.2) is 11.6 Å². The summed E-state index contributed by atoms with van der Waals surface area (Å²) in [5.41, 5.74) is 1.61. The zero-order chi connectivity index (χ0) is 8.10. The lowest BCUT2D eigenvalue weighted by atomic mass is 9.98. The van der Waals surface area contributed by atoms with Crippen molar-refractivity contribution in [3.05, 3.63) is 11.6 Å². The minimum atomic E-state index is 1.03. The Balaban J connectivity index is 2.23. The summed E-state index contributed by atoms with van der Waals surface area (Å²) in [6.45, 7) is 4.50. The van der Waals surface area contributed by atoms with E-state index in [9.17, 15) is 0 Å². The highest BCUT2D eigenvalue weighted by Gasteiger charge is 2.14. The second-order valence-corrected chi connectivity index (χ2v) is 3.81. The molecule has 0 N–H and O–H groups in total. The Hall–Kier alpha value is -0.260. The van der Waals surface area contributed by atoms with Gasteiger partial charge >= 0.3 is 0 Å². The van der Waals surface area contributed by atoms with Crippen LogP contribution in [0.25, 0.3) is 0 Å². The summed E-state index contributed by atoms with van der Waals surface area (Å²) in [5.74, 6) is 1.03. The van der Waals surface area contributed by atoms with Gasteiger partial charge in [-0.1, -0.05) is 44.3 Å². The Bertz CT molecular complexity index is 127. The second kappa shape index (κ2) is 4.58. The Morgan fingerprint density at radius 2 is 2.00 bits per heavy atom. The van der Waals surface area contributed by atoms with Crippen molar-refractivity contribution in [2.24, 2.45) is 5.92 Å². The average molecular weight is 152 g/mol. The number of hydrogen-bond donors (Lipinski definition) is 0. The van der Waals surface area contributed by atoms with Gasteiger partial charge in [0.1, 0.15) is 0 Å². The summed E-state index contributed by atoms with van der Waals surface area (Å²) in [4.78, 5) is 0. The van der Waals surface area contributed by atoms with Crippen LogP contribution in [0.3, 0.4) is 0 Å². The molecule has 0 aliphatic heterocycles. The molecular formula is C11H20. The highest BCUT2D eigenvalue weighted by atomic mass is 14.2. The fourth-order valence-electron chi connectivity index (χ4n) is 2.10. The van der Waals surface area contributed by atoms with Crippen LogP contribution in [0, 0.1) is 5.92 Å². The van der Waals surface area contributed by atoms with Crippen molar-refractivity contribution < 1.29 is 0 Å². The molecule has 0 radical (unpaired) electrons. The van der Waals surface area contributed by atoms with Crippen LogP contribution in [0.1, 0.15) is 52.4 Å². The molecular weight excluding hydrogens is 132 g/mol. The molecule has 0 heteroatoms. The molecule has 11 heavy (non-hydrogen) atoms. The lowest BCUT2D eigenvalue weighted by Gasteiger charge is -2.07. The summed E-state index contributed by atoms with van der Waals surface area (Å²) in [6.07, 6.45) is 10.9. The predicted molar refractivity (Wildman–Crippen MR) is 50.6 cm³/mol. The van der Waals surface area contributed by atoms with Crippen LogP contribution < -0.4 is 0 Å². The maximum Gasteiger partial charge on any atom is -0.0295 e. The van der Waals surface area contributed by atoms with Gasteiger partial charge in [-0.2, -0.15) is 0 Å². The molecule has 0 nitrogen and oxygen atoms in total. The fraction of sp³-hybridized carbons (Fsp3) is 0.818. The van der Waals surface area contributed by atoms with Crippen molar-refractivity contribution in [2.45, 2.75) is 52.4 Å². The molecule has 1 saturated carbocycles. The topological polar surface area (TPSA) is 0 Å². The molecule has 0 heterocycles. The zero-order valence-corrected chi connectivity index (χ0v) is 7.90. The monoisotopic (exact) mass is 152 g/mol. The van der Waals surface area contributed by atoms with E-state index in [1.165, 1.54) is 38.5 Å². The minimum absolute atomic E-state index is 1.03. The summed E-state index contributed by atoms with van der Waals surface area (Å²) in [7, 11) is 0. The summed E-state index contributed by atoms with van der Waals surface area (Å²) >= 11 is 0. The molecule has 0 amide bonds. The first-order chi connectivity index (χ1) is 5.33. The van der Waals surface area contributed by atoms with Crippen LogP contribution >= 0.6 is 0 Å². The summed E-state index contributed by atoms with van der Waals surface area (Å²) in [6, 6.07) is 0. The highest BCUT2D eigenvalue weighted by Crippen LogP contribution is 2.29. The molecule has 0 saturated heterocycles. The third-order valence-electron chi connectivity index (χ3n) is 2.64. The predicted octanol–water partition coefficient (Wildman–Crippen LogP) is 3.92. The van der Waals surface area contributed by atoms with Crippen LogP contribution in [0.4, 0.5) is 0 Å². The van der Waals surface area contributed by atoms with Gasteiger partial charge in [0.05, 0.1) is 0 Å². The lowest BCUT2D eigenvalue weighted by Crippen LogP contribution is -1.93. The van der Waals surface area contributed by atoms with Crippen LogP contribution in [0.2, 0.25) is 0 Å². The lowest BCUT2D eigenvalue weighted by molar-refractivity contribution is 0.543. The van der Waals surface area contributed by atoms with Crippen molar-refractivity contribution in [1.29, 1.82) is 0 Å². The largest absolute Gasteiger partial charge is 0.0859 e. The molecule has 0 unspecified atom stereocenters. The van der Waals surface area contributed by atoms with Crippen molar-refractivity contribution >= 4 is 0 Å². The van der Waals surface area contributed by atoms with Crippen molar-refractivity contribution in [2.75, 3.05) is 0 Å². The van der Waals surface area contributed by atoms with E-state index in [1.54, 1.807) is 5.57 Å². The third kappa shape index (κ3) is 3.09. The Morgan fingerprint density at radius 3 is 2.55 bits per heavy atom. The molecule has 1 fully saturated rings. The average Bonchev–Trinajstić information content (AvgIpc) is 2.40. The molecule has 0 aromatic rings. The quantitative estimate of drug-likeness (QED) is 0.538. The van der Waals surface area contributed by atoms with Gasteiger partial charge in [0.25, 0.3) is 0 Å². The smallest absolute Gasteiger partial charge is 0.0295 e. The van der Waals surface area contributed by atoms with Crippen LogP contribution in [-0.4, -0.2) is 0 Å². The molecule has 1 aliphatic carbocycles. The Morgan fingerprint density at radius 1 is 1.36 bits per heavy atom. The molecule has 0 spiro atoms. The zero-order valence-electron chi connectivity index (χ0n) is 7.90. The number of rotatable bonds is 3. The second-order valence-electron chi connectivity index (χ2n) is 3.81. The van der Waals surface area contributed by atoms with E-state index in [0.29, 0.717) is 0 Å². The molecule has 64 valence electrons. The summed E-state index contributed by atoms with van der Waals surface area (Å²) in [5, 5.41) is 0. The van der Waals surface area contributed by atoms with Gasteiger partial charge in [-0.3, -0.25) is 0 Å². The first-order valence-corrected chi connectivity index (χ1v) is 4.98. The molecule has 0 bridgehead atoms. The van der Waals surface area contributed by atoms with Gasteiger partial charge < -0.3 is 0 Å². The number of allylic oxidation sites excluding steroid dienone is 2. The van der Waals surface area contributed by atoms with E-state index in [4.69, 9.17) is 0 Å². The maximum atomic E-state index is 2.37. The van der Waals surface area contributed by atoms with E-state index < -0.39 is 0 Å². The van der Waals surface area contributed by atoms with Gasteiger partial charge in [0, 0.05) is 0 Å². The van der Waals surface area contributed by atoms with E-state index in [1.807, 2.05) is 0 Å². The van der Waals surface area contributed by atoms with Crippen LogP contribution in [-0.2, 0) is 0 Å². The van der Waals surface area contributed by atoms with Crippen molar-refractivity contribution in [3.8, 4) is 0 Å². The molecule has 1 rings (SSSR count). The summed E-state index contributed by atoms with van der Waals surface area (Å²) < 4.78 is 0. The van der Waals surface area contributed by atoms with E-state index in [2.05, 4.69) is 19.9 Å². The molecule has 0 atom stereocenters. The third-order valence-corrected chi connectivity index (χ3v) is 2.64.